The third-order valence-corrected chi connectivity index (χ3v) is 5.46. The quantitative estimate of drug-likeness (QED) is 0.278. The van der Waals surface area contributed by atoms with Crippen molar-refractivity contribution in [3.05, 3.63) is 29.1 Å². The van der Waals surface area contributed by atoms with E-state index < -0.39 is 74.0 Å². The van der Waals surface area contributed by atoms with Gasteiger partial charge in [0.25, 0.3) is 0 Å². The van der Waals surface area contributed by atoms with Crippen molar-refractivity contribution in [1.29, 1.82) is 0 Å². The first-order chi connectivity index (χ1) is 13.4. The highest BCUT2D eigenvalue weighted by molar-refractivity contribution is 7.86. The fraction of sp³-hybridized carbons (Fsp3) is 0.625. The molecule has 1 unspecified atom stereocenters. The van der Waals surface area contributed by atoms with Gasteiger partial charge in [0.05, 0.1) is 13.2 Å². The molecule has 14 heteroatoms. The van der Waals surface area contributed by atoms with E-state index in [2.05, 4.69) is 4.18 Å². The molecule has 1 aromatic carbocycles. The van der Waals surface area contributed by atoms with Crippen molar-refractivity contribution < 1.29 is 57.2 Å². The predicted molar refractivity (Wildman–Crippen MR) is 83.1 cm³/mol. The van der Waals surface area contributed by atoms with E-state index in [0.29, 0.717) is 0 Å². The molecule has 1 atom stereocenters. The molecule has 0 aromatic heterocycles. The molecule has 0 spiro atoms. The number of alkyl halides is 3. The summed E-state index contributed by atoms with van der Waals surface area (Å²) in [6, 6.07) is 0. The molecule has 0 amide bonds. The summed E-state index contributed by atoms with van der Waals surface area (Å²) >= 11 is 0. The number of hydrogen-bond acceptors (Lipinski definition) is 5. The monoisotopic (exact) mass is 472 g/mol. The fourth-order valence-electron chi connectivity index (χ4n) is 2.44. The van der Waals surface area contributed by atoms with Crippen LogP contribution in [0.4, 0.5) is 35.1 Å². The van der Waals surface area contributed by atoms with Gasteiger partial charge in [-0.15, -0.1) is 0 Å². The number of ether oxygens (including phenoxy) is 2. The third-order valence-electron chi connectivity index (χ3n) is 4.12. The maximum absolute atomic E-state index is 13.8. The molecule has 30 heavy (non-hydrogen) atoms. The zero-order valence-electron chi connectivity index (χ0n) is 15.7. The van der Waals surface area contributed by atoms with Crippen LogP contribution in [0, 0.1) is 34.5 Å². The molecule has 1 heterocycles. The molecule has 1 fully saturated rings. The average molecular weight is 472 g/mol. The smallest absolute Gasteiger partial charge is 0.349 e. The van der Waals surface area contributed by atoms with E-state index in [4.69, 9.17) is 9.47 Å². The molecule has 1 saturated heterocycles. The molecule has 0 radical (unpaired) electrons. The standard InChI is InChI=1S/C16H16F8O5S/c1-14(2)5-27-15(3,28-6-14)4-7(16(22,23)24)29-30(25,26)13-11(20)9(18)8(17)10(19)12(13)21/h7H,4-6H2,1-3H3. The highest BCUT2D eigenvalue weighted by Crippen LogP contribution is 2.38. The Labute approximate surface area is 166 Å². The first-order valence-electron chi connectivity index (χ1n) is 8.19. The molecule has 0 bridgehead atoms. The Balaban J connectivity index is 2.41. The van der Waals surface area contributed by atoms with Gasteiger partial charge in [-0.25, -0.2) is 22.0 Å². The van der Waals surface area contributed by atoms with Crippen molar-refractivity contribution in [2.45, 2.75) is 50.2 Å². The molecular weight excluding hydrogens is 456 g/mol. The highest BCUT2D eigenvalue weighted by atomic mass is 32.2. The third kappa shape index (κ3) is 5.03. The Kier molecular flexibility index (Phi) is 6.50. The lowest BCUT2D eigenvalue weighted by atomic mass is 9.94. The highest BCUT2D eigenvalue weighted by Gasteiger charge is 2.51. The normalized spacial score (nSPS) is 20.2. The number of hydrogen-bond donors (Lipinski definition) is 0. The molecule has 1 aliphatic heterocycles. The second kappa shape index (κ2) is 7.88. The molecule has 172 valence electrons. The summed E-state index contributed by atoms with van der Waals surface area (Å²) < 4.78 is 146. The van der Waals surface area contributed by atoms with E-state index in [9.17, 15) is 43.5 Å². The van der Waals surface area contributed by atoms with Gasteiger partial charge < -0.3 is 9.47 Å². The van der Waals surface area contributed by atoms with Crippen molar-refractivity contribution in [2.24, 2.45) is 5.41 Å². The Morgan fingerprint density at radius 3 is 1.70 bits per heavy atom. The molecule has 1 aliphatic rings. The Morgan fingerprint density at radius 1 is 0.900 bits per heavy atom. The zero-order valence-corrected chi connectivity index (χ0v) is 16.5. The van der Waals surface area contributed by atoms with Crippen LogP contribution in [0.25, 0.3) is 0 Å². The van der Waals surface area contributed by atoms with E-state index in [1.165, 1.54) is 0 Å². The van der Waals surface area contributed by atoms with E-state index in [1.807, 2.05) is 0 Å². The van der Waals surface area contributed by atoms with Gasteiger partial charge in [-0.2, -0.15) is 21.6 Å². The minimum absolute atomic E-state index is 0.0710. The fourth-order valence-corrected chi connectivity index (χ4v) is 3.64. The molecule has 2 rings (SSSR count). The number of benzene rings is 1. The van der Waals surface area contributed by atoms with Crippen LogP contribution in [0.1, 0.15) is 27.2 Å². The van der Waals surface area contributed by atoms with Crippen LogP contribution < -0.4 is 0 Å². The van der Waals surface area contributed by atoms with Crippen molar-refractivity contribution in [2.75, 3.05) is 13.2 Å². The molecule has 0 aliphatic carbocycles. The van der Waals surface area contributed by atoms with Crippen LogP contribution in [-0.2, 0) is 23.8 Å². The summed E-state index contributed by atoms with van der Waals surface area (Å²) in [5.74, 6) is -15.7. The van der Waals surface area contributed by atoms with Gasteiger partial charge in [-0.1, -0.05) is 13.8 Å². The number of rotatable bonds is 5. The summed E-state index contributed by atoms with van der Waals surface area (Å²) in [7, 11) is -6.09. The predicted octanol–water partition coefficient (Wildman–Crippen LogP) is 4.20. The lowest BCUT2D eigenvalue weighted by molar-refractivity contribution is -0.312. The van der Waals surface area contributed by atoms with Gasteiger partial charge in [0.15, 0.2) is 40.1 Å². The molecule has 5 nitrogen and oxygen atoms in total. The Bertz CT molecular complexity index is 890. The second-order valence-corrected chi connectivity index (χ2v) is 9.07. The first kappa shape index (κ1) is 24.8. The van der Waals surface area contributed by atoms with Crippen molar-refractivity contribution in [3.63, 3.8) is 0 Å². The Morgan fingerprint density at radius 2 is 1.30 bits per heavy atom. The van der Waals surface area contributed by atoms with Crippen LogP contribution in [-0.4, -0.2) is 39.7 Å². The van der Waals surface area contributed by atoms with E-state index in [0.717, 1.165) is 6.92 Å². The Hall–Kier alpha value is -1.51. The van der Waals surface area contributed by atoms with Gasteiger partial charge >= 0.3 is 16.3 Å². The summed E-state index contributed by atoms with van der Waals surface area (Å²) in [6.45, 7) is 4.27. The molecule has 0 saturated carbocycles. The van der Waals surface area contributed by atoms with Gasteiger partial charge in [0, 0.05) is 11.8 Å². The van der Waals surface area contributed by atoms with Gasteiger partial charge in [0.2, 0.25) is 5.82 Å². The maximum Gasteiger partial charge on any atom is 0.416 e. The van der Waals surface area contributed by atoms with E-state index in [1.54, 1.807) is 13.8 Å². The first-order valence-corrected chi connectivity index (χ1v) is 9.60. The van der Waals surface area contributed by atoms with E-state index in [-0.39, 0.29) is 13.2 Å². The van der Waals surface area contributed by atoms with E-state index >= 15 is 0 Å². The maximum atomic E-state index is 13.8. The van der Waals surface area contributed by atoms with Crippen LogP contribution >= 0.6 is 0 Å². The van der Waals surface area contributed by atoms with Crippen molar-refractivity contribution in [3.8, 4) is 0 Å². The molecule has 0 N–H and O–H groups in total. The summed E-state index contributed by atoms with van der Waals surface area (Å²) in [4.78, 5) is -2.54. The molecule has 1 aromatic rings. The van der Waals surface area contributed by atoms with Crippen LogP contribution in [0.3, 0.4) is 0 Å². The zero-order chi connectivity index (χ0) is 23.3. The minimum atomic E-state index is -6.09. The lowest BCUT2D eigenvalue weighted by Crippen LogP contribution is -2.50. The topological polar surface area (TPSA) is 61.8 Å². The molecular formula is C16H16F8O5S. The van der Waals surface area contributed by atoms with Crippen LogP contribution in [0.15, 0.2) is 4.90 Å². The minimum Gasteiger partial charge on any atom is -0.349 e. The summed E-state index contributed by atoms with van der Waals surface area (Å²) in [6.07, 6.45) is -10.0. The lowest BCUT2D eigenvalue weighted by Gasteiger charge is -2.42. The second-order valence-electron chi connectivity index (χ2n) is 7.56. The summed E-state index contributed by atoms with van der Waals surface area (Å²) in [5, 5.41) is 0. The largest absolute Gasteiger partial charge is 0.416 e. The van der Waals surface area contributed by atoms with Gasteiger partial charge in [-0.3, -0.25) is 4.18 Å². The van der Waals surface area contributed by atoms with Gasteiger partial charge in [0.1, 0.15) is 0 Å². The number of halogens is 8. The van der Waals surface area contributed by atoms with Crippen molar-refractivity contribution >= 4 is 10.1 Å². The average Bonchev–Trinajstić information content (AvgIpc) is 2.60. The van der Waals surface area contributed by atoms with Crippen LogP contribution in [0.2, 0.25) is 0 Å². The van der Waals surface area contributed by atoms with Gasteiger partial charge in [-0.05, 0) is 6.92 Å². The van der Waals surface area contributed by atoms with Crippen molar-refractivity contribution in [1.82, 2.24) is 0 Å². The SMILES string of the molecule is CC1(C)COC(C)(CC(OS(=O)(=O)c2c(F)c(F)c(F)c(F)c2F)C(F)(F)F)OC1. The summed E-state index contributed by atoms with van der Waals surface area (Å²) in [5.41, 5.74) is -0.560. The van der Waals surface area contributed by atoms with Crippen LogP contribution in [0.5, 0.6) is 0 Å².